The molecule has 0 spiro atoms. The van der Waals surface area contributed by atoms with E-state index in [4.69, 9.17) is 4.74 Å². The van der Waals surface area contributed by atoms with Crippen molar-refractivity contribution in [3.05, 3.63) is 29.8 Å². The number of nitrogens with one attached hydrogen (secondary N) is 1. The third kappa shape index (κ3) is 3.83. The van der Waals surface area contributed by atoms with Gasteiger partial charge < -0.3 is 15.0 Å². The van der Waals surface area contributed by atoms with Crippen LogP contribution < -0.4 is 10.1 Å². The summed E-state index contributed by atoms with van der Waals surface area (Å²) in [4.78, 5) is 27.1. The third-order valence-corrected chi connectivity index (χ3v) is 8.34. The topological polar surface area (TPSA) is 58.6 Å². The Morgan fingerprint density at radius 3 is 2.57 bits per heavy atom. The van der Waals surface area contributed by atoms with Crippen LogP contribution in [0.25, 0.3) is 0 Å². The van der Waals surface area contributed by atoms with Crippen LogP contribution >= 0.6 is 0 Å². The molecule has 5 aliphatic rings. The molecule has 5 heteroatoms. The first-order valence-electron chi connectivity index (χ1n) is 11.9. The van der Waals surface area contributed by atoms with Crippen molar-refractivity contribution in [1.82, 2.24) is 10.2 Å². The van der Waals surface area contributed by atoms with Gasteiger partial charge in [-0.05, 0) is 67.6 Å². The Labute approximate surface area is 179 Å². The lowest BCUT2D eigenvalue weighted by molar-refractivity contribution is -0.140. The van der Waals surface area contributed by atoms with Gasteiger partial charge in [0.2, 0.25) is 5.91 Å². The summed E-state index contributed by atoms with van der Waals surface area (Å²) in [7, 11) is 0. The molecule has 4 saturated carbocycles. The average molecular weight is 411 g/mol. The number of amides is 2. The average Bonchev–Trinajstić information content (AvgIpc) is 3.29. The van der Waals surface area contributed by atoms with E-state index in [1.807, 2.05) is 29.2 Å². The molecular weight excluding hydrogens is 376 g/mol. The van der Waals surface area contributed by atoms with Gasteiger partial charge in [0.25, 0.3) is 5.91 Å². The van der Waals surface area contributed by atoms with Crippen LogP contribution in [0.2, 0.25) is 0 Å². The van der Waals surface area contributed by atoms with E-state index in [1.165, 1.54) is 19.3 Å². The van der Waals surface area contributed by atoms with Gasteiger partial charge in [0.05, 0.1) is 0 Å². The number of rotatable bonds is 6. The molecule has 1 aromatic carbocycles. The minimum absolute atomic E-state index is 0.00174. The summed E-state index contributed by atoms with van der Waals surface area (Å²) in [5, 5.41) is 3.15. The largest absolute Gasteiger partial charge is 0.490 e. The Morgan fingerprint density at radius 1 is 1.13 bits per heavy atom. The zero-order chi connectivity index (χ0) is 20.7. The number of piperidine rings is 1. The molecule has 0 radical (unpaired) electrons. The van der Waals surface area contributed by atoms with E-state index in [1.54, 1.807) is 0 Å². The lowest BCUT2D eigenvalue weighted by Crippen LogP contribution is -2.45. The summed E-state index contributed by atoms with van der Waals surface area (Å²) in [5.41, 5.74) is 0.670. The number of carbonyl (C=O) groups excluding carboxylic acids is 2. The maximum absolute atomic E-state index is 12.7. The number of nitrogens with zero attached hydrogens (tertiary/aromatic N) is 1. The predicted molar refractivity (Wildman–Crippen MR) is 115 cm³/mol. The second-order valence-electron chi connectivity index (χ2n) is 10.0. The van der Waals surface area contributed by atoms with Crippen LogP contribution in [0.4, 0.5) is 0 Å². The molecule has 1 saturated heterocycles. The molecule has 1 heterocycles. The van der Waals surface area contributed by atoms with E-state index in [2.05, 4.69) is 12.2 Å². The highest BCUT2D eigenvalue weighted by Gasteiger charge is 2.50. The summed E-state index contributed by atoms with van der Waals surface area (Å²) >= 11 is 0. The Balaban J connectivity index is 1.10. The fourth-order valence-electron chi connectivity index (χ4n) is 6.00. The molecule has 30 heavy (non-hydrogen) atoms. The monoisotopic (exact) mass is 410 g/mol. The molecule has 4 atom stereocenters. The Morgan fingerprint density at radius 2 is 1.93 bits per heavy atom. The van der Waals surface area contributed by atoms with Gasteiger partial charge in [-0.1, -0.05) is 19.4 Å². The van der Waals surface area contributed by atoms with Crippen molar-refractivity contribution in [3.8, 4) is 5.75 Å². The minimum Gasteiger partial charge on any atom is -0.490 e. The van der Waals surface area contributed by atoms with E-state index >= 15 is 0 Å². The molecule has 2 amide bonds. The molecule has 5 nitrogen and oxygen atoms in total. The Bertz CT molecular complexity index is 797. The van der Waals surface area contributed by atoms with Crippen LogP contribution in [0.5, 0.6) is 5.75 Å². The number of carbonyl (C=O) groups is 2. The van der Waals surface area contributed by atoms with Crippen molar-refractivity contribution in [1.29, 1.82) is 0 Å². The van der Waals surface area contributed by atoms with Gasteiger partial charge >= 0.3 is 0 Å². The van der Waals surface area contributed by atoms with E-state index in [9.17, 15) is 9.59 Å². The first-order valence-corrected chi connectivity index (χ1v) is 11.9. The number of ether oxygens (including phenoxy) is 1. The van der Waals surface area contributed by atoms with Crippen molar-refractivity contribution < 1.29 is 14.3 Å². The number of fused-ring (bicyclic) bond motifs is 1. The molecule has 1 N–H and O–H groups in total. The molecule has 5 fully saturated rings. The summed E-state index contributed by atoms with van der Waals surface area (Å²) in [6, 6.07) is 7.54. The van der Waals surface area contributed by atoms with Gasteiger partial charge in [0.1, 0.15) is 11.9 Å². The molecule has 3 unspecified atom stereocenters. The smallest absolute Gasteiger partial charge is 0.251 e. The molecule has 6 rings (SSSR count). The Kier molecular flexibility index (Phi) is 5.46. The molecule has 4 aliphatic carbocycles. The van der Waals surface area contributed by atoms with Crippen LogP contribution in [0, 0.1) is 29.6 Å². The van der Waals surface area contributed by atoms with E-state index in [0.717, 1.165) is 68.8 Å². The summed E-state index contributed by atoms with van der Waals surface area (Å²) in [6.07, 6.45) is 7.78. The number of benzene rings is 1. The van der Waals surface area contributed by atoms with Gasteiger partial charge in [-0.2, -0.15) is 0 Å². The summed E-state index contributed by atoms with van der Waals surface area (Å²) in [5.74, 6) is 4.57. The number of hydrogen-bond donors (Lipinski definition) is 1. The van der Waals surface area contributed by atoms with Gasteiger partial charge in [-0.25, -0.2) is 0 Å². The maximum Gasteiger partial charge on any atom is 0.251 e. The molecule has 0 aromatic heterocycles. The van der Waals surface area contributed by atoms with E-state index in [0.29, 0.717) is 17.4 Å². The van der Waals surface area contributed by atoms with Crippen LogP contribution in [0.1, 0.15) is 62.2 Å². The number of hydrogen-bond acceptors (Lipinski definition) is 3. The van der Waals surface area contributed by atoms with Gasteiger partial charge in [-0.3, -0.25) is 9.59 Å². The highest BCUT2D eigenvalue weighted by molar-refractivity contribution is 5.94. The standard InChI is InChI=1S/C25H34N2O3/c1-16-19-12-20(23(16)14-19)15-26-24(28)18-6-3-7-22(13-18)30-21-8-10-27(11-9-21)25(29)17-4-2-5-17/h3,6-7,13,16-17,19-21,23H,2,4-5,8-12,14-15H2,1H3,(H,26,28)/t16-,19?,20?,23?/m1/s1. The van der Waals surface area contributed by atoms with Crippen LogP contribution in [0.3, 0.4) is 0 Å². The second kappa shape index (κ2) is 8.24. The summed E-state index contributed by atoms with van der Waals surface area (Å²) in [6.45, 7) is 4.71. The first-order chi connectivity index (χ1) is 14.6. The van der Waals surface area contributed by atoms with Crippen LogP contribution in [-0.2, 0) is 4.79 Å². The molecule has 1 aromatic rings. The molecular formula is C25H34N2O3. The molecule has 1 aliphatic heterocycles. The zero-order valence-electron chi connectivity index (χ0n) is 18.0. The highest BCUT2D eigenvalue weighted by atomic mass is 16.5. The van der Waals surface area contributed by atoms with Crippen molar-refractivity contribution in [2.75, 3.05) is 19.6 Å². The van der Waals surface area contributed by atoms with Crippen LogP contribution in [-0.4, -0.2) is 42.5 Å². The van der Waals surface area contributed by atoms with Crippen molar-refractivity contribution >= 4 is 11.8 Å². The van der Waals surface area contributed by atoms with E-state index < -0.39 is 0 Å². The minimum atomic E-state index is -0.00174. The Hall–Kier alpha value is -2.04. The fraction of sp³-hybridized carbons (Fsp3) is 0.680. The van der Waals surface area contributed by atoms with Crippen molar-refractivity contribution in [3.63, 3.8) is 0 Å². The van der Waals surface area contributed by atoms with Crippen molar-refractivity contribution in [2.24, 2.45) is 29.6 Å². The third-order valence-electron chi connectivity index (χ3n) is 8.34. The SMILES string of the molecule is C[C@@H]1C2CC(CNC(=O)c3cccc(OC4CCN(C(=O)C5CCC5)CC4)c3)C1C2. The molecule has 2 bridgehead atoms. The fourth-order valence-corrected chi connectivity index (χ4v) is 6.00. The molecule has 162 valence electrons. The van der Waals surface area contributed by atoms with E-state index in [-0.39, 0.29) is 17.9 Å². The first kappa shape index (κ1) is 19.9. The van der Waals surface area contributed by atoms with Gasteiger partial charge in [0.15, 0.2) is 0 Å². The predicted octanol–water partition coefficient (Wildman–Crippen LogP) is 3.88. The van der Waals surface area contributed by atoms with Gasteiger partial charge in [0, 0.05) is 44.0 Å². The van der Waals surface area contributed by atoms with Gasteiger partial charge in [-0.15, -0.1) is 0 Å². The zero-order valence-corrected chi connectivity index (χ0v) is 18.0. The maximum atomic E-state index is 12.7. The lowest BCUT2D eigenvalue weighted by atomic mass is 9.72. The normalized spacial score (nSPS) is 31.0. The van der Waals surface area contributed by atoms with Crippen LogP contribution in [0.15, 0.2) is 24.3 Å². The summed E-state index contributed by atoms with van der Waals surface area (Å²) < 4.78 is 6.17. The lowest BCUT2D eigenvalue weighted by Gasteiger charge is -2.36. The van der Waals surface area contributed by atoms with Crippen molar-refractivity contribution in [2.45, 2.75) is 58.0 Å². The second-order valence-corrected chi connectivity index (χ2v) is 10.0. The quantitative estimate of drug-likeness (QED) is 0.774. The number of likely N-dealkylation sites (tertiary alicyclic amines) is 1. The highest BCUT2D eigenvalue weighted by Crippen LogP contribution is 2.56.